The molecule has 0 bridgehead atoms. The summed E-state index contributed by atoms with van der Waals surface area (Å²) in [5.74, 6) is 0.138. The number of hydrogen-bond acceptors (Lipinski definition) is 8. The Balaban J connectivity index is 1.66. The highest BCUT2D eigenvalue weighted by Crippen LogP contribution is 2.45. The lowest BCUT2D eigenvalue weighted by Crippen LogP contribution is -2.29. The summed E-state index contributed by atoms with van der Waals surface area (Å²) in [4.78, 5) is 32.9. The van der Waals surface area contributed by atoms with Gasteiger partial charge in [0.15, 0.2) is 5.13 Å². The molecule has 5 rings (SSSR count). The van der Waals surface area contributed by atoms with Gasteiger partial charge in [-0.1, -0.05) is 23.5 Å². The molecule has 1 amide bonds. The number of rotatable bonds is 8. The number of ketones is 1. The van der Waals surface area contributed by atoms with Crippen molar-refractivity contribution in [1.82, 2.24) is 4.98 Å². The minimum Gasteiger partial charge on any atom is -0.507 e. The summed E-state index contributed by atoms with van der Waals surface area (Å²) in [6, 6.07) is 18.4. The van der Waals surface area contributed by atoms with Gasteiger partial charge in [0, 0.05) is 5.56 Å². The molecule has 0 saturated carbocycles. The molecular weight excluding hydrogens is 504 g/mol. The number of nitrogens with zero attached hydrogens (tertiary/aromatic N) is 2. The molecule has 0 spiro atoms. The molecule has 4 aromatic rings. The van der Waals surface area contributed by atoms with Crippen LogP contribution in [0.1, 0.15) is 31.0 Å². The molecule has 9 heteroatoms. The van der Waals surface area contributed by atoms with E-state index in [0.717, 1.165) is 4.70 Å². The molecule has 0 radical (unpaired) electrons. The van der Waals surface area contributed by atoms with Crippen molar-refractivity contribution in [2.24, 2.45) is 0 Å². The van der Waals surface area contributed by atoms with Crippen LogP contribution in [0.4, 0.5) is 5.13 Å². The topological polar surface area (TPSA) is 98.2 Å². The van der Waals surface area contributed by atoms with Crippen molar-refractivity contribution in [3.8, 4) is 17.2 Å². The predicted octanol–water partition coefficient (Wildman–Crippen LogP) is 5.73. The van der Waals surface area contributed by atoms with E-state index in [9.17, 15) is 14.7 Å². The number of amides is 1. The second-order valence-corrected chi connectivity index (χ2v) is 9.47. The summed E-state index contributed by atoms with van der Waals surface area (Å²) in [5.41, 5.74) is 1.69. The summed E-state index contributed by atoms with van der Waals surface area (Å²) in [6.45, 7) is 4.82. The molecule has 1 atom stereocenters. The molecular formula is C29H26N2O6S. The molecule has 1 fully saturated rings. The third-order valence-corrected chi connectivity index (χ3v) is 7.20. The first-order valence-electron chi connectivity index (χ1n) is 12.2. The van der Waals surface area contributed by atoms with Gasteiger partial charge in [-0.2, -0.15) is 0 Å². The molecule has 3 aromatic carbocycles. The predicted molar refractivity (Wildman–Crippen MR) is 146 cm³/mol. The van der Waals surface area contributed by atoms with E-state index in [1.54, 1.807) is 55.6 Å². The van der Waals surface area contributed by atoms with Gasteiger partial charge in [0.1, 0.15) is 23.0 Å². The number of Topliss-reactive ketones (excluding diaryl/α,β-unsaturated/α-hetero) is 1. The highest BCUT2D eigenvalue weighted by molar-refractivity contribution is 7.22. The van der Waals surface area contributed by atoms with Crippen LogP contribution in [0.3, 0.4) is 0 Å². The largest absolute Gasteiger partial charge is 0.507 e. The summed E-state index contributed by atoms with van der Waals surface area (Å²) < 4.78 is 17.2. The molecule has 2 heterocycles. The van der Waals surface area contributed by atoms with Gasteiger partial charge in [0.05, 0.1) is 42.2 Å². The van der Waals surface area contributed by atoms with Gasteiger partial charge in [-0.25, -0.2) is 4.98 Å². The van der Waals surface area contributed by atoms with E-state index in [2.05, 4.69) is 4.98 Å². The number of anilines is 1. The summed E-state index contributed by atoms with van der Waals surface area (Å²) in [5, 5.41) is 11.7. The number of carbonyl (C=O) groups is 2. The first-order valence-corrected chi connectivity index (χ1v) is 13.0. The van der Waals surface area contributed by atoms with Crippen molar-refractivity contribution >= 4 is 44.1 Å². The molecule has 8 nitrogen and oxygen atoms in total. The number of benzene rings is 3. The summed E-state index contributed by atoms with van der Waals surface area (Å²) in [6.07, 6.45) is 0. The molecule has 1 N–H and O–H groups in total. The van der Waals surface area contributed by atoms with Crippen LogP contribution in [0, 0.1) is 0 Å². The Morgan fingerprint density at radius 3 is 2.21 bits per heavy atom. The maximum absolute atomic E-state index is 13.5. The molecule has 38 heavy (non-hydrogen) atoms. The van der Waals surface area contributed by atoms with Crippen molar-refractivity contribution in [1.29, 1.82) is 0 Å². The van der Waals surface area contributed by atoms with Crippen molar-refractivity contribution in [2.75, 3.05) is 25.2 Å². The van der Waals surface area contributed by atoms with Crippen LogP contribution in [0.15, 0.2) is 72.3 Å². The van der Waals surface area contributed by atoms with Crippen LogP contribution in [0.2, 0.25) is 0 Å². The zero-order chi connectivity index (χ0) is 26.8. The average molecular weight is 531 g/mol. The van der Waals surface area contributed by atoms with Crippen molar-refractivity contribution in [3.05, 3.63) is 83.4 Å². The maximum atomic E-state index is 13.5. The lowest BCUT2D eigenvalue weighted by atomic mass is 9.95. The Morgan fingerprint density at radius 1 is 0.921 bits per heavy atom. The Morgan fingerprint density at radius 2 is 1.55 bits per heavy atom. The molecule has 0 unspecified atom stereocenters. The Bertz CT molecular complexity index is 1530. The van der Waals surface area contributed by atoms with E-state index in [4.69, 9.17) is 14.2 Å². The number of aliphatic hydroxyl groups is 1. The number of methoxy groups -OCH3 is 1. The zero-order valence-corrected chi connectivity index (χ0v) is 22.0. The second-order valence-electron chi connectivity index (χ2n) is 8.46. The summed E-state index contributed by atoms with van der Waals surface area (Å²) in [7, 11) is 1.54. The van der Waals surface area contributed by atoms with Gasteiger partial charge in [-0.3, -0.25) is 14.5 Å². The molecule has 1 aliphatic heterocycles. The van der Waals surface area contributed by atoms with E-state index < -0.39 is 17.7 Å². The highest BCUT2D eigenvalue weighted by Gasteiger charge is 2.48. The molecule has 1 aromatic heterocycles. The maximum Gasteiger partial charge on any atom is 0.301 e. The summed E-state index contributed by atoms with van der Waals surface area (Å²) >= 11 is 1.28. The van der Waals surface area contributed by atoms with Gasteiger partial charge in [-0.15, -0.1) is 0 Å². The number of thiazole rings is 1. The first-order chi connectivity index (χ1) is 18.4. The highest BCUT2D eigenvalue weighted by atomic mass is 32.1. The van der Waals surface area contributed by atoms with E-state index in [-0.39, 0.29) is 11.3 Å². The smallest absolute Gasteiger partial charge is 0.301 e. The van der Waals surface area contributed by atoms with E-state index >= 15 is 0 Å². The number of aromatic nitrogens is 1. The van der Waals surface area contributed by atoms with Gasteiger partial charge in [-0.05, 0) is 74.0 Å². The van der Waals surface area contributed by atoms with Crippen LogP contribution in [0.25, 0.3) is 16.0 Å². The van der Waals surface area contributed by atoms with E-state index in [1.165, 1.54) is 16.2 Å². The SMILES string of the molecule is CCOc1ccc([C@H]2C(=C(O)c3ccc(OC)cc3)C(=O)C(=O)N2c2nc3ccc(OCC)cc3s2)cc1. The number of fused-ring (bicyclic) bond motifs is 1. The Labute approximate surface area is 223 Å². The Hall–Kier alpha value is -4.37. The number of aliphatic hydroxyl groups excluding tert-OH is 1. The fraction of sp³-hybridized carbons (Fsp3) is 0.207. The lowest BCUT2D eigenvalue weighted by molar-refractivity contribution is -0.132. The second kappa shape index (κ2) is 10.5. The third-order valence-electron chi connectivity index (χ3n) is 6.18. The lowest BCUT2D eigenvalue weighted by Gasteiger charge is -2.23. The third kappa shape index (κ3) is 4.56. The minimum absolute atomic E-state index is 0.0152. The average Bonchev–Trinajstić information content (AvgIpc) is 3.47. The van der Waals surface area contributed by atoms with Crippen LogP contribution in [-0.4, -0.2) is 42.1 Å². The van der Waals surface area contributed by atoms with Crippen LogP contribution >= 0.6 is 11.3 Å². The molecule has 1 aliphatic rings. The molecule has 0 aliphatic carbocycles. The standard InChI is InChI=1S/C29H26N2O6S/c1-4-36-20-12-6-17(7-13-20)25-24(26(32)18-8-10-19(35-3)11-9-18)27(33)28(34)31(25)29-30-22-15-14-21(37-5-2)16-23(22)38-29/h6-16,25,32H,4-5H2,1-3H3/t25-/m0/s1. The number of hydrogen-bond donors (Lipinski definition) is 1. The van der Waals surface area contributed by atoms with Crippen LogP contribution in [-0.2, 0) is 9.59 Å². The van der Waals surface area contributed by atoms with Gasteiger partial charge in [0.2, 0.25) is 0 Å². The zero-order valence-electron chi connectivity index (χ0n) is 21.1. The van der Waals surface area contributed by atoms with Crippen molar-refractivity contribution in [2.45, 2.75) is 19.9 Å². The van der Waals surface area contributed by atoms with Crippen molar-refractivity contribution < 1.29 is 28.9 Å². The van der Waals surface area contributed by atoms with Crippen molar-refractivity contribution in [3.63, 3.8) is 0 Å². The number of ether oxygens (including phenoxy) is 3. The van der Waals surface area contributed by atoms with Gasteiger partial charge in [0.25, 0.3) is 5.78 Å². The fourth-order valence-electron chi connectivity index (χ4n) is 4.41. The fourth-order valence-corrected chi connectivity index (χ4v) is 5.44. The monoisotopic (exact) mass is 530 g/mol. The van der Waals surface area contributed by atoms with Gasteiger partial charge >= 0.3 is 5.91 Å². The Kier molecular flexibility index (Phi) is 7.02. The number of carbonyl (C=O) groups excluding carboxylic acids is 2. The molecule has 1 saturated heterocycles. The quantitative estimate of drug-likeness (QED) is 0.177. The molecule has 194 valence electrons. The van der Waals surface area contributed by atoms with Gasteiger partial charge < -0.3 is 19.3 Å². The van der Waals surface area contributed by atoms with Crippen LogP contribution in [0.5, 0.6) is 17.2 Å². The van der Waals surface area contributed by atoms with E-state index in [0.29, 0.717) is 52.2 Å². The minimum atomic E-state index is -0.889. The normalized spacial score (nSPS) is 16.7. The van der Waals surface area contributed by atoms with E-state index in [1.807, 2.05) is 32.0 Å². The van der Waals surface area contributed by atoms with Crippen LogP contribution < -0.4 is 19.1 Å². The first kappa shape index (κ1) is 25.3.